The zero-order chi connectivity index (χ0) is 21.6. The third-order valence-corrected chi connectivity index (χ3v) is 5.09. The maximum Gasteiger partial charge on any atom is 0.411 e. The molecule has 1 saturated carbocycles. The molecule has 9 heteroatoms. The summed E-state index contributed by atoms with van der Waals surface area (Å²) in [4.78, 5) is 13.9. The number of alkyl halides is 2. The fourth-order valence-electron chi connectivity index (χ4n) is 3.81. The van der Waals surface area contributed by atoms with Crippen molar-refractivity contribution in [2.24, 2.45) is 0 Å². The third kappa shape index (κ3) is 5.11. The molecule has 1 amide bonds. The normalized spacial score (nSPS) is 21.8. The monoisotopic (exact) mass is 430 g/mol. The number of hydrogen-bond donors (Lipinski definition) is 2. The van der Waals surface area contributed by atoms with E-state index in [1.165, 1.54) is 23.1 Å². The first-order valence-electron chi connectivity index (χ1n) is 9.24. The zero-order valence-corrected chi connectivity index (χ0v) is 17.2. The number of rotatable bonds is 2. The highest BCUT2D eigenvalue weighted by atomic mass is 35.5. The summed E-state index contributed by atoms with van der Waals surface area (Å²) in [6.45, 7) is 5.49. The Morgan fingerprint density at radius 1 is 1.34 bits per heavy atom. The molecule has 2 aliphatic rings. The van der Waals surface area contributed by atoms with E-state index in [1.807, 2.05) is 0 Å². The maximum atomic E-state index is 13.6. The second kappa shape index (κ2) is 7.32. The van der Waals surface area contributed by atoms with Crippen molar-refractivity contribution in [2.45, 2.75) is 50.7 Å². The van der Waals surface area contributed by atoms with Gasteiger partial charge in [0.05, 0.1) is 36.7 Å². The molecule has 1 heterocycles. The number of nitrogens with one attached hydrogen (secondary N) is 1. The van der Waals surface area contributed by atoms with Crippen molar-refractivity contribution < 1.29 is 28.0 Å². The van der Waals surface area contributed by atoms with Crippen LogP contribution in [-0.2, 0) is 4.74 Å². The minimum atomic E-state index is -2.77. The quantitative estimate of drug-likeness (QED) is 0.702. The molecule has 1 spiro atoms. The molecule has 0 bridgehead atoms. The standard InChI is InChI=1S/C20H23ClF3N3O2/c1-18(2,3)29-17(28)27-8-13(26-19(11-27)9-20(23,24)10-19)7-16(25)12-4-5-15(22)14(21)6-12/h4-7,25-26H,8-11H2,1-3H3/p+1. The molecule has 1 aromatic carbocycles. The van der Waals surface area contributed by atoms with Crippen molar-refractivity contribution in [1.82, 2.24) is 4.90 Å². The van der Waals surface area contributed by atoms with E-state index < -0.39 is 29.0 Å². The van der Waals surface area contributed by atoms with Crippen molar-refractivity contribution in [3.63, 3.8) is 0 Å². The van der Waals surface area contributed by atoms with Crippen LogP contribution in [0, 0.1) is 11.2 Å². The van der Waals surface area contributed by atoms with Gasteiger partial charge in [-0.05, 0) is 39.0 Å². The highest BCUT2D eigenvalue weighted by Gasteiger charge is 2.62. The Balaban J connectivity index is 1.84. The van der Waals surface area contributed by atoms with E-state index in [4.69, 9.17) is 21.7 Å². The van der Waals surface area contributed by atoms with Gasteiger partial charge in [-0.15, -0.1) is 0 Å². The van der Waals surface area contributed by atoms with Crippen LogP contribution in [0.1, 0.15) is 39.2 Å². The van der Waals surface area contributed by atoms with E-state index >= 15 is 0 Å². The van der Waals surface area contributed by atoms with Crippen molar-refractivity contribution in [3.8, 4) is 0 Å². The highest BCUT2D eigenvalue weighted by Crippen LogP contribution is 2.44. The first-order valence-corrected chi connectivity index (χ1v) is 9.62. The van der Waals surface area contributed by atoms with E-state index in [0.29, 0.717) is 11.3 Å². The van der Waals surface area contributed by atoms with Crippen LogP contribution >= 0.6 is 11.6 Å². The molecule has 0 atom stereocenters. The minimum Gasteiger partial charge on any atom is -0.444 e. The smallest absolute Gasteiger partial charge is 0.411 e. The van der Waals surface area contributed by atoms with Crippen LogP contribution in [0.3, 0.4) is 0 Å². The van der Waals surface area contributed by atoms with Gasteiger partial charge in [0.1, 0.15) is 22.7 Å². The number of piperazine rings is 1. The fraction of sp³-hybridized carbons (Fsp3) is 0.500. The number of hydrogen-bond acceptors (Lipinski definition) is 3. The van der Waals surface area contributed by atoms with E-state index in [0.717, 1.165) is 6.07 Å². The van der Waals surface area contributed by atoms with Crippen molar-refractivity contribution in [3.05, 3.63) is 46.4 Å². The van der Waals surface area contributed by atoms with Gasteiger partial charge in [-0.25, -0.2) is 18.0 Å². The van der Waals surface area contributed by atoms with E-state index in [2.05, 4.69) is 0 Å². The predicted octanol–water partition coefficient (Wildman–Crippen LogP) is 3.71. The van der Waals surface area contributed by atoms with Gasteiger partial charge in [0.25, 0.3) is 5.92 Å². The van der Waals surface area contributed by atoms with Crippen LogP contribution < -0.4 is 5.32 Å². The summed E-state index contributed by atoms with van der Waals surface area (Å²) in [7, 11) is 0. The Morgan fingerprint density at radius 2 is 2.00 bits per heavy atom. The molecule has 1 aliphatic carbocycles. The second-order valence-corrected chi connectivity index (χ2v) is 9.22. The number of carbonyl (C=O) groups is 1. The number of ether oxygens (including phenoxy) is 1. The average Bonchev–Trinajstić information content (AvgIpc) is 2.53. The summed E-state index contributed by atoms with van der Waals surface area (Å²) in [6.07, 6.45) is 0.208. The average molecular weight is 431 g/mol. The molecular weight excluding hydrogens is 407 g/mol. The fourth-order valence-corrected chi connectivity index (χ4v) is 3.99. The van der Waals surface area contributed by atoms with Gasteiger partial charge in [0, 0.05) is 11.6 Å². The van der Waals surface area contributed by atoms with Crippen LogP contribution in [0.15, 0.2) is 30.0 Å². The molecule has 3 N–H and O–H groups in total. The predicted molar refractivity (Wildman–Crippen MR) is 103 cm³/mol. The first kappa shape index (κ1) is 21.6. The van der Waals surface area contributed by atoms with Crippen LogP contribution in [0.4, 0.5) is 18.0 Å². The van der Waals surface area contributed by atoms with Gasteiger partial charge in [-0.2, -0.15) is 0 Å². The summed E-state index contributed by atoms with van der Waals surface area (Å²) in [5.74, 6) is -3.36. The number of allylic oxidation sites excluding steroid dienone is 1. The largest absolute Gasteiger partial charge is 0.444 e. The number of amides is 1. The summed E-state index contributed by atoms with van der Waals surface area (Å²) < 4.78 is 46.0. The zero-order valence-electron chi connectivity index (χ0n) is 16.5. The van der Waals surface area contributed by atoms with Crippen LogP contribution in [0.5, 0.6) is 0 Å². The lowest BCUT2D eigenvalue weighted by Crippen LogP contribution is -3.03. The molecule has 3 rings (SSSR count). The van der Waals surface area contributed by atoms with Gasteiger partial charge in [-0.3, -0.25) is 4.90 Å². The molecule has 0 radical (unpaired) electrons. The number of carbonyl (C=O) groups excluding carboxylic acids is 1. The van der Waals surface area contributed by atoms with Crippen molar-refractivity contribution in [2.75, 3.05) is 13.1 Å². The van der Waals surface area contributed by atoms with Gasteiger partial charge in [0.15, 0.2) is 0 Å². The van der Waals surface area contributed by atoms with Crippen LogP contribution in [0.2, 0.25) is 5.02 Å². The molecule has 5 nitrogen and oxygen atoms in total. The first-order chi connectivity index (χ1) is 13.3. The third-order valence-electron chi connectivity index (χ3n) is 4.80. The van der Waals surface area contributed by atoms with Crippen molar-refractivity contribution in [1.29, 1.82) is 5.41 Å². The molecular formula is C20H24ClF3N3O2+. The summed E-state index contributed by atoms with van der Waals surface area (Å²) >= 11 is 5.78. The number of nitrogens with two attached hydrogens (primary N) is 1. The maximum absolute atomic E-state index is 13.6. The second-order valence-electron chi connectivity index (χ2n) is 8.81. The molecule has 1 aromatic rings. The molecule has 0 unspecified atom stereocenters. The minimum absolute atomic E-state index is 0.0467. The van der Waals surface area contributed by atoms with Gasteiger partial charge in [0.2, 0.25) is 0 Å². The molecule has 0 aromatic heterocycles. The van der Waals surface area contributed by atoms with Gasteiger partial charge in [-0.1, -0.05) is 11.6 Å². The Labute approximate surface area is 172 Å². The summed E-state index contributed by atoms with van der Waals surface area (Å²) in [5, 5.41) is 9.89. The SMILES string of the molecule is CC(C)(C)OC(=O)N1CC(=CC(=N)c2ccc(F)c(Cl)c2)[NH2+]C2(C1)CC(F)(F)C2. The number of quaternary nitrogens is 1. The van der Waals surface area contributed by atoms with E-state index in [-0.39, 0.29) is 36.7 Å². The molecule has 1 aliphatic heterocycles. The lowest BCUT2D eigenvalue weighted by molar-refractivity contribution is -0.716. The molecule has 29 heavy (non-hydrogen) atoms. The number of nitrogens with zero attached hydrogens (tertiary/aromatic N) is 1. The van der Waals surface area contributed by atoms with E-state index in [9.17, 15) is 18.0 Å². The Morgan fingerprint density at radius 3 is 2.55 bits per heavy atom. The van der Waals surface area contributed by atoms with Crippen LogP contribution in [-0.4, -0.2) is 46.9 Å². The van der Waals surface area contributed by atoms with E-state index in [1.54, 1.807) is 26.1 Å². The lowest BCUT2D eigenvalue weighted by Gasteiger charge is -2.49. The number of halogens is 4. The lowest BCUT2D eigenvalue weighted by atomic mass is 9.71. The van der Waals surface area contributed by atoms with Gasteiger partial charge < -0.3 is 15.5 Å². The van der Waals surface area contributed by atoms with Gasteiger partial charge >= 0.3 is 6.09 Å². The highest BCUT2D eigenvalue weighted by molar-refractivity contribution is 6.31. The van der Waals surface area contributed by atoms with Crippen LogP contribution in [0.25, 0.3) is 0 Å². The molecule has 158 valence electrons. The summed E-state index contributed by atoms with van der Waals surface area (Å²) in [6, 6.07) is 3.91. The topological polar surface area (TPSA) is 70.0 Å². The number of benzene rings is 1. The van der Waals surface area contributed by atoms with Crippen molar-refractivity contribution >= 4 is 23.4 Å². The Kier molecular flexibility index (Phi) is 5.47. The molecule has 1 saturated heterocycles. The molecule has 2 fully saturated rings. The Hall–Kier alpha value is -2.06. The Bertz CT molecular complexity index is 872. The summed E-state index contributed by atoms with van der Waals surface area (Å²) in [5.41, 5.74) is -0.560.